The predicted octanol–water partition coefficient (Wildman–Crippen LogP) is 3.17. The normalized spacial score (nSPS) is 12.5. The Bertz CT molecular complexity index is 106. The van der Waals surface area contributed by atoms with Crippen molar-refractivity contribution in [1.82, 2.24) is 0 Å². The minimum atomic E-state index is 0.525. The number of nitriles is 1. The fourth-order valence-corrected chi connectivity index (χ4v) is 1.30. The highest BCUT2D eigenvalue weighted by Crippen LogP contribution is 2.15. The van der Waals surface area contributed by atoms with Crippen molar-refractivity contribution in [3.63, 3.8) is 0 Å². The molecule has 0 N–H and O–H groups in total. The zero-order chi connectivity index (χ0) is 7.82. The first kappa shape index (κ1) is 9.84. The molecule has 0 aromatic carbocycles. The van der Waals surface area contributed by atoms with E-state index in [2.05, 4.69) is 19.2 Å². The molecule has 0 saturated carbocycles. The SMILES string of the molecule is CCCCCC(C)SC#N. The van der Waals surface area contributed by atoms with E-state index in [0.29, 0.717) is 5.25 Å². The van der Waals surface area contributed by atoms with Crippen LogP contribution >= 0.6 is 11.8 Å². The van der Waals surface area contributed by atoms with Crippen molar-refractivity contribution in [1.29, 1.82) is 5.26 Å². The number of unbranched alkanes of at least 4 members (excludes halogenated alkanes) is 2. The summed E-state index contributed by atoms with van der Waals surface area (Å²) < 4.78 is 0. The highest BCUT2D eigenvalue weighted by molar-refractivity contribution is 8.04. The van der Waals surface area contributed by atoms with Gasteiger partial charge in [0.05, 0.1) is 0 Å². The summed E-state index contributed by atoms with van der Waals surface area (Å²) in [6.45, 7) is 4.31. The second kappa shape index (κ2) is 6.95. The van der Waals surface area contributed by atoms with Crippen LogP contribution < -0.4 is 0 Å². The molecule has 0 radical (unpaired) electrons. The molecule has 0 aliphatic carbocycles. The van der Waals surface area contributed by atoms with Gasteiger partial charge in [-0.2, -0.15) is 5.26 Å². The van der Waals surface area contributed by atoms with Gasteiger partial charge in [-0.25, -0.2) is 0 Å². The van der Waals surface area contributed by atoms with E-state index < -0.39 is 0 Å². The summed E-state index contributed by atoms with van der Waals surface area (Å²) in [4.78, 5) is 0. The van der Waals surface area contributed by atoms with Crippen molar-refractivity contribution in [3.8, 4) is 5.40 Å². The molecule has 0 fully saturated rings. The largest absolute Gasteiger partial charge is 0.185 e. The summed E-state index contributed by atoms with van der Waals surface area (Å²) in [5.74, 6) is 0. The van der Waals surface area contributed by atoms with E-state index in [1.807, 2.05) is 0 Å². The molecule has 1 nitrogen and oxygen atoms in total. The number of thioether (sulfide) groups is 1. The van der Waals surface area contributed by atoms with Crippen LogP contribution in [-0.2, 0) is 0 Å². The molecule has 0 rings (SSSR count). The Labute approximate surface area is 67.8 Å². The quantitative estimate of drug-likeness (QED) is 0.452. The van der Waals surface area contributed by atoms with Gasteiger partial charge < -0.3 is 0 Å². The standard InChI is InChI=1S/C8H15NS/c1-3-4-5-6-8(2)10-7-9/h8H,3-6H2,1-2H3. The monoisotopic (exact) mass is 157 g/mol. The Kier molecular flexibility index (Phi) is 6.84. The molecule has 1 unspecified atom stereocenters. The first-order chi connectivity index (χ1) is 4.81. The molecule has 0 bridgehead atoms. The van der Waals surface area contributed by atoms with Crippen molar-refractivity contribution in [3.05, 3.63) is 0 Å². The average molecular weight is 157 g/mol. The summed E-state index contributed by atoms with van der Waals surface area (Å²) in [6.07, 6.45) is 5.03. The third-order valence-electron chi connectivity index (χ3n) is 1.47. The second-order valence-corrected chi connectivity index (χ2v) is 3.74. The number of hydrogen-bond acceptors (Lipinski definition) is 2. The predicted molar refractivity (Wildman–Crippen MR) is 46.8 cm³/mol. The maximum atomic E-state index is 8.31. The van der Waals surface area contributed by atoms with Crippen molar-refractivity contribution in [2.45, 2.75) is 44.8 Å². The molecular weight excluding hydrogens is 142 g/mol. The van der Waals surface area contributed by atoms with Crippen LogP contribution in [-0.4, -0.2) is 5.25 Å². The van der Waals surface area contributed by atoms with Crippen molar-refractivity contribution >= 4 is 11.8 Å². The molecule has 58 valence electrons. The van der Waals surface area contributed by atoms with Gasteiger partial charge in [0.1, 0.15) is 5.40 Å². The summed E-state index contributed by atoms with van der Waals surface area (Å²) >= 11 is 1.39. The molecular formula is C8H15NS. The summed E-state index contributed by atoms with van der Waals surface area (Å²) in [5, 5.41) is 10.9. The van der Waals surface area contributed by atoms with Gasteiger partial charge in [-0.15, -0.1) is 0 Å². The Morgan fingerprint density at radius 1 is 1.50 bits per heavy atom. The van der Waals surface area contributed by atoms with Gasteiger partial charge in [-0.1, -0.05) is 33.1 Å². The first-order valence-electron chi connectivity index (χ1n) is 3.86. The van der Waals surface area contributed by atoms with Crippen LogP contribution in [0.15, 0.2) is 0 Å². The average Bonchev–Trinajstić information content (AvgIpc) is 1.89. The fourth-order valence-electron chi connectivity index (χ4n) is 0.831. The lowest BCUT2D eigenvalue weighted by atomic mass is 10.2. The maximum absolute atomic E-state index is 8.31. The number of hydrogen-bond donors (Lipinski definition) is 0. The minimum Gasteiger partial charge on any atom is -0.185 e. The van der Waals surface area contributed by atoms with Crippen molar-refractivity contribution < 1.29 is 0 Å². The summed E-state index contributed by atoms with van der Waals surface area (Å²) in [7, 11) is 0. The van der Waals surface area contributed by atoms with Crippen LogP contribution in [0.2, 0.25) is 0 Å². The minimum absolute atomic E-state index is 0.525. The number of rotatable bonds is 5. The van der Waals surface area contributed by atoms with E-state index in [0.717, 1.165) is 0 Å². The van der Waals surface area contributed by atoms with Crippen LogP contribution in [0.3, 0.4) is 0 Å². The summed E-state index contributed by atoms with van der Waals surface area (Å²) in [5.41, 5.74) is 0. The number of nitrogens with zero attached hydrogens (tertiary/aromatic N) is 1. The van der Waals surface area contributed by atoms with Gasteiger partial charge in [0.15, 0.2) is 0 Å². The van der Waals surface area contributed by atoms with Gasteiger partial charge in [0, 0.05) is 5.25 Å². The highest BCUT2D eigenvalue weighted by Gasteiger charge is 1.99. The maximum Gasteiger partial charge on any atom is 0.133 e. The van der Waals surface area contributed by atoms with E-state index >= 15 is 0 Å². The van der Waals surface area contributed by atoms with E-state index in [-0.39, 0.29) is 0 Å². The third kappa shape index (κ3) is 5.97. The van der Waals surface area contributed by atoms with E-state index in [1.54, 1.807) is 0 Å². The molecule has 0 spiro atoms. The zero-order valence-electron chi connectivity index (χ0n) is 6.76. The Balaban J connectivity index is 3.06. The molecule has 2 heteroatoms. The first-order valence-corrected chi connectivity index (χ1v) is 4.74. The smallest absolute Gasteiger partial charge is 0.133 e. The van der Waals surface area contributed by atoms with Gasteiger partial charge in [-0.3, -0.25) is 0 Å². The van der Waals surface area contributed by atoms with Gasteiger partial charge in [0.2, 0.25) is 0 Å². The third-order valence-corrected chi connectivity index (χ3v) is 2.21. The molecule has 0 aliphatic rings. The topological polar surface area (TPSA) is 23.8 Å². The fraction of sp³-hybridized carbons (Fsp3) is 0.875. The molecule has 0 saturated heterocycles. The molecule has 0 heterocycles. The van der Waals surface area contributed by atoms with Crippen LogP contribution in [0.1, 0.15) is 39.5 Å². The van der Waals surface area contributed by atoms with Crippen LogP contribution in [0.4, 0.5) is 0 Å². The van der Waals surface area contributed by atoms with Crippen LogP contribution in [0.5, 0.6) is 0 Å². The van der Waals surface area contributed by atoms with Gasteiger partial charge >= 0.3 is 0 Å². The lowest BCUT2D eigenvalue weighted by Gasteiger charge is -2.03. The summed E-state index contributed by atoms with van der Waals surface area (Å²) in [6, 6.07) is 0. The van der Waals surface area contributed by atoms with Crippen molar-refractivity contribution in [2.24, 2.45) is 0 Å². The van der Waals surface area contributed by atoms with Gasteiger partial charge in [0.25, 0.3) is 0 Å². The lowest BCUT2D eigenvalue weighted by Crippen LogP contribution is -1.93. The van der Waals surface area contributed by atoms with E-state index in [1.165, 1.54) is 37.4 Å². The molecule has 10 heavy (non-hydrogen) atoms. The Morgan fingerprint density at radius 2 is 2.20 bits per heavy atom. The van der Waals surface area contributed by atoms with Gasteiger partial charge in [-0.05, 0) is 18.2 Å². The van der Waals surface area contributed by atoms with E-state index in [9.17, 15) is 0 Å². The molecule has 1 atom stereocenters. The molecule has 0 aromatic heterocycles. The van der Waals surface area contributed by atoms with Crippen molar-refractivity contribution in [2.75, 3.05) is 0 Å². The second-order valence-electron chi connectivity index (χ2n) is 2.52. The van der Waals surface area contributed by atoms with E-state index in [4.69, 9.17) is 5.26 Å². The van der Waals surface area contributed by atoms with Crippen LogP contribution in [0.25, 0.3) is 0 Å². The Hall–Kier alpha value is -0.160. The molecule has 0 amide bonds. The molecule has 0 aliphatic heterocycles. The lowest BCUT2D eigenvalue weighted by molar-refractivity contribution is 0.665. The Morgan fingerprint density at radius 3 is 2.70 bits per heavy atom. The number of thiocyanates is 1. The van der Waals surface area contributed by atoms with Crippen LogP contribution in [0, 0.1) is 10.7 Å². The molecule has 0 aromatic rings. The highest BCUT2D eigenvalue weighted by atomic mass is 32.2. The zero-order valence-corrected chi connectivity index (χ0v) is 7.58.